The number of piperidine rings is 2. The van der Waals surface area contributed by atoms with Crippen molar-refractivity contribution in [2.24, 2.45) is 5.92 Å². The van der Waals surface area contributed by atoms with E-state index < -0.39 is 5.60 Å². The van der Waals surface area contributed by atoms with Gasteiger partial charge in [0.25, 0.3) is 5.91 Å². The van der Waals surface area contributed by atoms with Crippen molar-refractivity contribution in [3.63, 3.8) is 0 Å². The SMILES string of the molecule is O=C1N(CCCc2ccccc2)CCCC1(O)CN1CCC(CO)CC1. The zero-order chi connectivity index (χ0) is 18.4. The molecule has 0 saturated carbocycles. The zero-order valence-corrected chi connectivity index (χ0v) is 15.6. The molecule has 1 amide bonds. The van der Waals surface area contributed by atoms with E-state index >= 15 is 0 Å². The Morgan fingerprint density at radius 1 is 1.12 bits per heavy atom. The summed E-state index contributed by atoms with van der Waals surface area (Å²) in [4.78, 5) is 16.9. The number of amides is 1. The van der Waals surface area contributed by atoms with Crippen LogP contribution in [0.15, 0.2) is 30.3 Å². The number of hydrogen-bond donors (Lipinski definition) is 2. The summed E-state index contributed by atoms with van der Waals surface area (Å²) in [5, 5.41) is 20.3. The van der Waals surface area contributed by atoms with Crippen molar-refractivity contribution in [2.75, 3.05) is 39.3 Å². The first-order valence-corrected chi connectivity index (χ1v) is 9.99. The van der Waals surface area contributed by atoms with Gasteiger partial charge in [-0.2, -0.15) is 0 Å². The maximum absolute atomic E-state index is 12.9. The fourth-order valence-electron chi connectivity index (χ4n) is 4.24. The molecule has 5 heteroatoms. The van der Waals surface area contributed by atoms with Crippen molar-refractivity contribution < 1.29 is 15.0 Å². The molecule has 1 aromatic carbocycles. The van der Waals surface area contributed by atoms with E-state index in [1.54, 1.807) is 0 Å². The molecule has 3 rings (SSSR count). The van der Waals surface area contributed by atoms with Crippen LogP contribution in [-0.2, 0) is 11.2 Å². The average molecular weight is 360 g/mol. The van der Waals surface area contributed by atoms with Crippen LogP contribution >= 0.6 is 0 Å². The highest BCUT2D eigenvalue weighted by atomic mass is 16.3. The van der Waals surface area contributed by atoms with Crippen LogP contribution < -0.4 is 0 Å². The maximum atomic E-state index is 12.9. The molecule has 1 aromatic rings. The molecule has 5 nitrogen and oxygen atoms in total. The minimum absolute atomic E-state index is 0.0962. The molecule has 0 aliphatic carbocycles. The number of aliphatic hydroxyl groups excluding tert-OH is 1. The number of benzene rings is 1. The van der Waals surface area contributed by atoms with Gasteiger partial charge in [0.15, 0.2) is 5.60 Å². The number of carbonyl (C=O) groups excluding carboxylic acids is 1. The van der Waals surface area contributed by atoms with Gasteiger partial charge in [0, 0.05) is 26.2 Å². The summed E-state index contributed by atoms with van der Waals surface area (Å²) in [7, 11) is 0. The Bertz CT molecular complexity index is 572. The number of hydrogen-bond acceptors (Lipinski definition) is 4. The summed E-state index contributed by atoms with van der Waals surface area (Å²) in [6, 6.07) is 10.3. The third-order valence-electron chi connectivity index (χ3n) is 5.89. The lowest BCUT2D eigenvalue weighted by Crippen LogP contribution is -2.59. The van der Waals surface area contributed by atoms with Crippen LogP contribution in [0.3, 0.4) is 0 Å². The standard InChI is InChI=1S/C21H32N2O3/c24-16-19-9-14-22(15-10-19)17-21(26)11-5-13-23(20(21)25)12-4-8-18-6-2-1-3-7-18/h1-3,6-7,19,24,26H,4-5,8-17H2. The summed E-state index contributed by atoms with van der Waals surface area (Å²) in [6.45, 7) is 3.85. The molecule has 2 aliphatic rings. The van der Waals surface area contributed by atoms with E-state index in [1.807, 2.05) is 23.1 Å². The van der Waals surface area contributed by atoms with Crippen LogP contribution in [0.4, 0.5) is 0 Å². The van der Waals surface area contributed by atoms with E-state index in [0.29, 0.717) is 25.4 Å². The predicted octanol–water partition coefficient (Wildman–Crippen LogP) is 1.68. The quantitative estimate of drug-likeness (QED) is 0.777. The molecule has 1 atom stereocenters. The van der Waals surface area contributed by atoms with Gasteiger partial charge in [-0.15, -0.1) is 0 Å². The first-order valence-electron chi connectivity index (χ1n) is 9.99. The van der Waals surface area contributed by atoms with Crippen molar-refractivity contribution in [2.45, 2.75) is 44.1 Å². The van der Waals surface area contributed by atoms with Crippen LogP contribution in [0.1, 0.15) is 37.7 Å². The summed E-state index contributed by atoms with van der Waals surface area (Å²) >= 11 is 0. The van der Waals surface area contributed by atoms with E-state index in [0.717, 1.165) is 51.7 Å². The van der Waals surface area contributed by atoms with Crippen molar-refractivity contribution in [3.05, 3.63) is 35.9 Å². The van der Waals surface area contributed by atoms with Crippen molar-refractivity contribution in [1.29, 1.82) is 0 Å². The van der Waals surface area contributed by atoms with Crippen LogP contribution in [0, 0.1) is 5.92 Å². The minimum Gasteiger partial charge on any atom is -0.396 e. The number of aliphatic hydroxyl groups is 2. The van der Waals surface area contributed by atoms with Crippen LogP contribution in [0.5, 0.6) is 0 Å². The third kappa shape index (κ3) is 4.84. The summed E-state index contributed by atoms with van der Waals surface area (Å²) in [6.07, 6.45) is 5.19. The lowest BCUT2D eigenvalue weighted by Gasteiger charge is -2.42. The lowest BCUT2D eigenvalue weighted by atomic mass is 9.89. The second-order valence-electron chi connectivity index (χ2n) is 7.92. The highest BCUT2D eigenvalue weighted by molar-refractivity contribution is 5.86. The van der Waals surface area contributed by atoms with Gasteiger partial charge in [-0.1, -0.05) is 30.3 Å². The molecule has 1 unspecified atom stereocenters. The lowest BCUT2D eigenvalue weighted by molar-refractivity contribution is -0.160. The predicted molar refractivity (Wildman–Crippen MR) is 102 cm³/mol. The Morgan fingerprint density at radius 3 is 2.54 bits per heavy atom. The molecule has 0 bridgehead atoms. The number of rotatable bonds is 7. The summed E-state index contributed by atoms with van der Waals surface area (Å²) < 4.78 is 0. The molecule has 0 radical (unpaired) electrons. The summed E-state index contributed by atoms with van der Waals surface area (Å²) in [5.74, 6) is 0.276. The molecule has 2 aliphatic heterocycles. The largest absolute Gasteiger partial charge is 0.396 e. The Morgan fingerprint density at radius 2 is 1.85 bits per heavy atom. The Hall–Kier alpha value is -1.43. The Kier molecular flexibility index (Phi) is 6.68. The molecule has 2 heterocycles. The van der Waals surface area contributed by atoms with Gasteiger partial charge in [-0.25, -0.2) is 0 Å². The zero-order valence-electron chi connectivity index (χ0n) is 15.6. The van der Waals surface area contributed by atoms with Crippen LogP contribution in [0.25, 0.3) is 0 Å². The first kappa shape index (κ1) is 19.3. The normalized spacial score (nSPS) is 25.6. The minimum atomic E-state index is -1.24. The van der Waals surface area contributed by atoms with Crippen LogP contribution in [0.2, 0.25) is 0 Å². The van der Waals surface area contributed by atoms with Gasteiger partial charge in [0.2, 0.25) is 0 Å². The highest BCUT2D eigenvalue weighted by Gasteiger charge is 2.43. The van der Waals surface area contributed by atoms with E-state index in [2.05, 4.69) is 17.0 Å². The number of aryl methyl sites for hydroxylation is 1. The van der Waals surface area contributed by atoms with E-state index in [4.69, 9.17) is 0 Å². The molecule has 2 N–H and O–H groups in total. The monoisotopic (exact) mass is 360 g/mol. The molecule has 0 spiro atoms. The number of likely N-dealkylation sites (tertiary alicyclic amines) is 2. The molecule has 2 fully saturated rings. The average Bonchev–Trinajstić information content (AvgIpc) is 2.67. The molecule has 2 saturated heterocycles. The maximum Gasteiger partial charge on any atom is 0.255 e. The van der Waals surface area contributed by atoms with Gasteiger partial charge < -0.3 is 15.1 Å². The molecular weight excluding hydrogens is 328 g/mol. The highest BCUT2D eigenvalue weighted by Crippen LogP contribution is 2.26. The topological polar surface area (TPSA) is 64.0 Å². The second-order valence-corrected chi connectivity index (χ2v) is 7.92. The second kappa shape index (κ2) is 8.98. The third-order valence-corrected chi connectivity index (χ3v) is 5.89. The molecular formula is C21H32N2O3. The Balaban J connectivity index is 1.49. The molecule has 0 aromatic heterocycles. The van der Waals surface area contributed by atoms with Crippen molar-refractivity contribution >= 4 is 5.91 Å². The smallest absolute Gasteiger partial charge is 0.255 e. The van der Waals surface area contributed by atoms with Gasteiger partial charge in [-0.3, -0.25) is 9.69 Å². The molecule has 26 heavy (non-hydrogen) atoms. The first-order chi connectivity index (χ1) is 12.6. The van der Waals surface area contributed by atoms with E-state index in [1.165, 1.54) is 5.56 Å². The van der Waals surface area contributed by atoms with Gasteiger partial charge in [-0.05, 0) is 63.1 Å². The van der Waals surface area contributed by atoms with Crippen molar-refractivity contribution in [3.8, 4) is 0 Å². The van der Waals surface area contributed by atoms with Gasteiger partial charge in [0.05, 0.1) is 0 Å². The number of β-amino-alcohol motifs (C(OH)–C–C–N with tert-alkyl or cyclic N) is 1. The van der Waals surface area contributed by atoms with Gasteiger partial charge in [0.1, 0.15) is 0 Å². The fraction of sp³-hybridized carbons (Fsp3) is 0.667. The van der Waals surface area contributed by atoms with E-state index in [9.17, 15) is 15.0 Å². The fourth-order valence-corrected chi connectivity index (χ4v) is 4.24. The summed E-state index contributed by atoms with van der Waals surface area (Å²) in [5.41, 5.74) is 0.0517. The Labute approximate surface area is 156 Å². The molecule has 144 valence electrons. The van der Waals surface area contributed by atoms with Crippen LogP contribution in [-0.4, -0.2) is 70.9 Å². The van der Waals surface area contributed by atoms with E-state index in [-0.39, 0.29) is 12.5 Å². The van der Waals surface area contributed by atoms with Crippen molar-refractivity contribution in [1.82, 2.24) is 9.80 Å². The van der Waals surface area contributed by atoms with Gasteiger partial charge >= 0.3 is 0 Å². The number of nitrogens with zero attached hydrogens (tertiary/aromatic N) is 2. The number of carbonyl (C=O) groups is 1.